The highest BCUT2D eigenvalue weighted by atomic mass is 15.2. The number of hydrogen-bond acceptors (Lipinski definition) is 3. The average molecular weight is 332 g/mol. The number of nitrogens with one attached hydrogen (secondary N) is 2. The van der Waals surface area contributed by atoms with Crippen molar-refractivity contribution in [1.29, 1.82) is 0 Å². The third-order valence-electron chi connectivity index (χ3n) is 5.07. The van der Waals surface area contributed by atoms with Gasteiger partial charge in [-0.25, -0.2) is 4.99 Å². The third kappa shape index (κ3) is 5.20. The molecule has 5 nitrogen and oxygen atoms in total. The number of aliphatic imine (C=N–C) groups is 1. The Morgan fingerprint density at radius 3 is 2.83 bits per heavy atom. The lowest BCUT2D eigenvalue weighted by molar-refractivity contribution is 0.0795. The lowest BCUT2D eigenvalue weighted by atomic mass is 9.75. The zero-order chi connectivity index (χ0) is 17.4. The number of rotatable bonds is 6. The Kier molecular flexibility index (Phi) is 7.03. The maximum absolute atomic E-state index is 4.69. The van der Waals surface area contributed by atoms with Crippen LogP contribution < -0.4 is 10.6 Å². The number of hydrogen-bond donors (Lipinski definition) is 2. The van der Waals surface area contributed by atoms with Gasteiger partial charge in [-0.2, -0.15) is 0 Å². The number of aromatic nitrogens is 1. The molecule has 1 aliphatic carbocycles. The Labute approximate surface area is 147 Å². The summed E-state index contributed by atoms with van der Waals surface area (Å²) in [5.74, 6) is 1.67. The zero-order valence-electron chi connectivity index (χ0n) is 15.7. The topological polar surface area (TPSA) is 52.6 Å². The average Bonchev–Trinajstić information content (AvgIpc) is 2.58. The number of pyridine rings is 1. The van der Waals surface area contributed by atoms with Crippen molar-refractivity contribution < 1.29 is 0 Å². The van der Waals surface area contributed by atoms with Crippen LogP contribution in [0.3, 0.4) is 0 Å². The Morgan fingerprint density at radius 2 is 2.21 bits per heavy atom. The van der Waals surface area contributed by atoms with E-state index in [-0.39, 0.29) is 5.54 Å². The monoisotopic (exact) mass is 331 g/mol. The van der Waals surface area contributed by atoms with Crippen LogP contribution >= 0.6 is 0 Å². The molecule has 1 aromatic heterocycles. The molecule has 2 atom stereocenters. The second-order valence-corrected chi connectivity index (χ2v) is 7.19. The van der Waals surface area contributed by atoms with Gasteiger partial charge in [-0.3, -0.25) is 4.98 Å². The van der Waals surface area contributed by atoms with Gasteiger partial charge in [0.15, 0.2) is 5.96 Å². The van der Waals surface area contributed by atoms with Gasteiger partial charge in [0.05, 0.1) is 12.2 Å². The maximum Gasteiger partial charge on any atom is 0.191 e. The van der Waals surface area contributed by atoms with Crippen LogP contribution in [0, 0.1) is 5.92 Å². The molecule has 0 aliphatic heterocycles. The molecule has 2 N–H and O–H groups in total. The molecule has 2 unspecified atom stereocenters. The van der Waals surface area contributed by atoms with E-state index in [0.717, 1.165) is 30.7 Å². The van der Waals surface area contributed by atoms with E-state index in [1.54, 1.807) is 0 Å². The lowest BCUT2D eigenvalue weighted by Crippen LogP contribution is -2.56. The SMILES string of the molecule is CCNC(=NCc1ccccn1)NCC1(N(C)C)CCCC(C)C1. The fourth-order valence-electron chi connectivity index (χ4n) is 3.60. The number of guanidine groups is 1. The minimum absolute atomic E-state index is 0.221. The Hall–Kier alpha value is -1.62. The van der Waals surface area contributed by atoms with Crippen LogP contribution in [0.25, 0.3) is 0 Å². The van der Waals surface area contributed by atoms with Gasteiger partial charge >= 0.3 is 0 Å². The summed E-state index contributed by atoms with van der Waals surface area (Å²) in [5, 5.41) is 6.93. The van der Waals surface area contributed by atoms with Crippen LogP contribution in [0.5, 0.6) is 0 Å². The van der Waals surface area contributed by atoms with Crippen LogP contribution in [-0.2, 0) is 6.54 Å². The second kappa shape index (κ2) is 9.02. The van der Waals surface area contributed by atoms with E-state index < -0.39 is 0 Å². The van der Waals surface area contributed by atoms with Crippen molar-refractivity contribution in [3.8, 4) is 0 Å². The zero-order valence-corrected chi connectivity index (χ0v) is 15.7. The first kappa shape index (κ1) is 18.7. The summed E-state index contributed by atoms with van der Waals surface area (Å²) in [6, 6.07) is 5.95. The summed E-state index contributed by atoms with van der Waals surface area (Å²) in [5.41, 5.74) is 1.21. The molecule has 1 fully saturated rings. The van der Waals surface area contributed by atoms with E-state index in [1.807, 2.05) is 24.4 Å². The first-order valence-electron chi connectivity index (χ1n) is 9.15. The second-order valence-electron chi connectivity index (χ2n) is 7.19. The highest BCUT2D eigenvalue weighted by Crippen LogP contribution is 2.35. The van der Waals surface area contributed by atoms with Crippen LogP contribution in [0.1, 0.15) is 45.2 Å². The highest BCUT2D eigenvalue weighted by molar-refractivity contribution is 5.79. The van der Waals surface area contributed by atoms with E-state index in [1.165, 1.54) is 25.7 Å². The first-order valence-corrected chi connectivity index (χ1v) is 9.15. The fourth-order valence-corrected chi connectivity index (χ4v) is 3.60. The van der Waals surface area contributed by atoms with Crippen molar-refractivity contribution in [2.45, 2.75) is 51.6 Å². The van der Waals surface area contributed by atoms with Crippen molar-refractivity contribution in [2.75, 3.05) is 27.2 Å². The molecule has 1 saturated carbocycles. The molecule has 0 bridgehead atoms. The van der Waals surface area contributed by atoms with Crippen molar-refractivity contribution in [3.05, 3.63) is 30.1 Å². The quantitative estimate of drug-likeness (QED) is 0.621. The highest BCUT2D eigenvalue weighted by Gasteiger charge is 2.36. The fraction of sp³-hybridized carbons (Fsp3) is 0.684. The van der Waals surface area contributed by atoms with Crippen molar-refractivity contribution >= 4 is 5.96 Å². The molecule has 1 heterocycles. The molecule has 5 heteroatoms. The molecule has 0 amide bonds. The Morgan fingerprint density at radius 1 is 1.38 bits per heavy atom. The van der Waals surface area contributed by atoms with E-state index >= 15 is 0 Å². The normalized spacial score (nSPS) is 24.9. The van der Waals surface area contributed by atoms with E-state index in [2.05, 4.69) is 48.5 Å². The summed E-state index contributed by atoms with van der Waals surface area (Å²) in [7, 11) is 4.41. The molecule has 0 aromatic carbocycles. The van der Waals surface area contributed by atoms with Gasteiger partial charge in [-0.05, 0) is 51.9 Å². The van der Waals surface area contributed by atoms with E-state index in [0.29, 0.717) is 6.54 Å². The predicted octanol–water partition coefficient (Wildman–Crippen LogP) is 2.65. The van der Waals surface area contributed by atoms with Gasteiger partial charge in [0.2, 0.25) is 0 Å². The summed E-state index contributed by atoms with van der Waals surface area (Å²) < 4.78 is 0. The van der Waals surface area contributed by atoms with Crippen molar-refractivity contribution in [1.82, 2.24) is 20.5 Å². The Bertz CT molecular complexity index is 514. The standard InChI is InChI=1S/C19H33N5/c1-5-20-18(22-14-17-10-6-7-12-21-17)23-15-19(24(3)4)11-8-9-16(2)13-19/h6-7,10,12,16H,5,8-9,11,13-15H2,1-4H3,(H2,20,22,23). The molecule has 24 heavy (non-hydrogen) atoms. The van der Waals surface area contributed by atoms with Gasteiger partial charge in [-0.15, -0.1) is 0 Å². The van der Waals surface area contributed by atoms with Crippen LogP contribution in [0.4, 0.5) is 0 Å². The van der Waals surface area contributed by atoms with Crippen molar-refractivity contribution in [2.24, 2.45) is 10.9 Å². The van der Waals surface area contributed by atoms with E-state index in [9.17, 15) is 0 Å². The summed E-state index contributed by atoms with van der Waals surface area (Å²) >= 11 is 0. The van der Waals surface area contributed by atoms with E-state index in [4.69, 9.17) is 4.99 Å². The van der Waals surface area contributed by atoms with Crippen LogP contribution in [0.15, 0.2) is 29.4 Å². The smallest absolute Gasteiger partial charge is 0.191 e. The summed E-state index contributed by atoms with van der Waals surface area (Å²) in [6.45, 7) is 6.86. The molecule has 0 saturated heterocycles. The molecule has 134 valence electrons. The van der Waals surface area contributed by atoms with Crippen LogP contribution in [0.2, 0.25) is 0 Å². The van der Waals surface area contributed by atoms with Crippen molar-refractivity contribution in [3.63, 3.8) is 0 Å². The minimum atomic E-state index is 0.221. The predicted molar refractivity (Wildman–Crippen MR) is 101 cm³/mol. The summed E-state index contributed by atoms with van der Waals surface area (Å²) in [6.07, 6.45) is 6.96. The summed E-state index contributed by atoms with van der Waals surface area (Å²) in [4.78, 5) is 11.4. The minimum Gasteiger partial charge on any atom is -0.357 e. The first-order chi connectivity index (χ1) is 11.6. The number of likely N-dealkylation sites (N-methyl/N-ethyl adjacent to an activating group) is 1. The molecular weight excluding hydrogens is 298 g/mol. The van der Waals surface area contributed by atoms with Gasteiger partial charge in [0.1, 0.15) is 0 Å². The Balaban J connectivity index is 2.00. The van der Waals surface area contributed by atoms with Gasteiger partial charge in [0.25, 0.3) is 0 Å². The molecule has 1 aromatic rings. The molecule has 2 rings (SSSR count). The molecule has 0 spiro atoms. The van der Waals surface area contributed by atoms with Gasteiger partial charge < -0.3 is 15.5 Å². The van der Waals surface area contributed by atoms with Gasteiger partial charge in [-0.1, -0.05) is 25.8 Å². The van der Waals surface area contributed by atoms with Gasteiger partial charge in [0, 0.05) is 24.8 Å². The van der Waals surface area contributed by atoms with Crippen LogP contribution in [-0.4, -0.2) is 48.6 Å². The third-order valence-corrected chi connectivity index (χ3v) is 5.07. The maximum atomic E-state index is 4.69. The number of nitrogens with zero attached hydrogens (tertiary/aromatic N) is 3. The molecule has 0 radical (unpaired) electrons. The molecule has 1 aliphatic rings. The lowest BCUT2D eigenvalue weighted by Gasteiger charge is -2.45. The molecular formula is C19H33N5. The largest absolute Gasteiger partial charge is 0.357 e.